The predicted molar refractivity (Wildman–Crippen MR) is 96.0 cm³/mol. The van der Waals surface area contributed by atoms with Crippen LogP contribution < -0.4 is 4.65 Å². The van der Waals surface area contributed by atoms with E-state index in [9.17, 15) is 0 Å². The molecule has 0 bridgehead atoms. The Morgan fingerprint density at radius 3 is 0.895 bits per heavy atom. The molecule has 0 saturated heterocycles. The molecule has 0 aliphatic carbocycles. The molecule has 0 rings (SSSR count). The van der Waals surface area contributed by atoms with Crippen LogP contribution in [0.3, 0.4) is 0 Å². The van der Waals surface area contributed by atoms with Crippen molar-refractivity contribution < 1.29 is 0 Å². The highest BCUT2D eigenvalue weighted by atomic mass is 28.4. The molecule has 0 aromatic rings. The van der Waals surface area contributed by atoms with Gasteiger partial charge in [-0.25, -0.2) is 0 Å². The monoisotopic (exact) mass is 301 g/mol. The fourth-order valence-corrected chi connectivity index (χ4v) is 19.6. The minimum Gasteiger partial charge on any atom is -0.358 e. The molecule has 1 nitrogen and oxygen atoms in total. The first-order valence-electron chi connectivity index (χ1n) is 8.39. The Labute approximate surface area is 125 Å². The molecule has 0 heterocycles. The minimum atomic E-state index is -1.39. The van der Waals surface area contributed by atoms with Gasteiger partial charge < -0.3 is 4.65 Å². The van der Waals surface area contributed by atoms with Gasteiger partial charge in [0.2, 0.25) is 0 Å². The molecule has 19 heavy (non-hydrogen) atoms. The summed E-state index contributed by atoms with van der Waals surface area (Å²) in [4.78, 5) is 0. The summed E-state index contributed by atoms with van der Waals surface area (Å²) in [6.45, 7) is 24.5. The van der Waals surface area contributed by atoms with Gasteiger partial charge in [0.1, 0.15) is 16.5 Å². The molecule has 116 valence electrons. The van der Waals surface area contributed by atoms with E-state index >= 15 is 0 Å². The molecule has 0 aliphatic rings. The van der Waals surface area contributed by atoms with Crippen LogP contribution in [-0.4, -0.2) is 16.5 Å². The molecule has 0 unspecified atom stereocenters. The van der Waals surface area contributed by atoms with Gasteiger partial charge in [0, 0.05) is 0 Å². The summed E-state index contributed by atoms with van der Waals surface area (Å²) in [6.07, 6.45) is 0. The summed E-state index contributed by atoms with van der Waals surface area (Å²) >= 11 is 0. The predicted octanol–water partition coefficient (Wildman–Crippen LogP) is 6.15. The average molecular weight is 302 g/mol. The zero-order valence-corrected chi connectivity index (χ0v) is 17.2. The molecular weight excluding hydrogens is 262 g/mol. The van der Waals surface area contributed by atoms with Gasteiger partial charge >= 0.3 is 0 Å². The summed E-state index contributed by atoms with van der Waals surface area (Å²) in [5.41, 5.74) is 3.31. The molecule has 1 N–H and O–H groups in total. The Bertz CT molecular complexity index is 217. The third-order valence-corrected chi connectivity index (χ3v) is 20.1. The maximum atomic E-state index is 4.46. The van der Waals surface area contributed by atoms with E-state index in [4.69, 9.17) is 0 Å². The van der Waals surface area contributed by atoms with Crippen LogP contribution in [0, 0.1) is 0 Å². The Hall–Kier alpha value is 0.394. The zero-order chi connectivity index (χ0) is 15.4. The first-order chi connectivity index (χ1) is 8.60. The normalized spacial score (nSPS) is 14.2. The molecule has 0 aliphatic heterocycles. The largest absolute Gasteiger partial charge is 0.358 e. The van der Waals surface area contributed by atoms with Crippen LogP contribution in [0.15, 0.2) is 0 Å². The van der Waals surface area contributed by atoms with Crippen molar-refractivity contribution >= 4 is 16.5 Å². The van der Waals surface area contributed by atoms with Gasteiger partial charge in [0.05, 0.1) is 0 Å². The third kappa shape index (κ3) is 3.73. The Balaban J connectivity index is 5.62. The fourth-order valence-electron chi connectivity index (χ4n) is 4.15. The van der Waals surface area contributed by atoms with Crippen LogP contribution in [-0.2, 0) is 0 Å². The molecule has 3 heteroatoms. The topological polar surface area (TPSA) is 12.0 Å². The fraction of sp³-hybridized carbons (Fsp3) is 1.00. The molecular formula is C16H39NSi2. The van der Waals surface area contributed by atoms with Crippen molar-refractivity contribution in [2.24, 2.45) is 0 Å². The van der Waals surface area contributed by atoms with E-state index in [1.54, 1.807) is 0 Å². The first-order valence-corrected chi connectivity index (χ1v) is 13.1. The molecule has 0 aromatic heterocycles. The SMILES string of the molecule is CC[Si](N[Si](CC)(C(C)C)C(C)C)(C(C)C)C(C)C. The second kappa shape index (κ2) is 7.42. The van der Waals surface area contributed by atoms with Crippen LogP contribution in [0.1, 0.15) is 69.2 Å². The summed E-state index contributed by atoms with van der Waals surface area (Å²) < 4.78 is 4.46. The van der Waals surface area contributed by atoms with E-state index in [1.807, 2.05) is 0 Å². The number of rotatable bonds is 8. The van der Waals surface area contributed by atoms with Crippen LogP contribution in [0.4, 0.5) is 0 Å². The standard InChI is InChI=1S/C16H39NSi2/c1-11-18(13(3)4,14(5)6)17-19(12-2,15(7)8)16(9)10/h13-17H,11-12H2,1-10H3. The van der Waals surface area contributed by atoms with Gasteiger partial charge in [-0.2, -0.15) is 0 Å². The Kier molecular flexibility index (Phi) is 7.57. The highest BCUT2D eigenvalue weighted by molar-refractivity contribution is 6.95. The quantitative estimate of drug-likeness (QED) is 0.530. The summed E-state index contributed by atoms with van der Waals surface area (Å²) in [7, 11) is -2.79. The van der Waals surface area contributed by atoms with Crippen molar-refractivity contribution in [3.8, 4) is 0 Å². The van der Waals surface area contributed by atoms with Crippen molar-refractivity contribution in [2.75, 3.05) is 0 Å². The van der Waals surface area contributed by atoms with Gasteiger partial charge in [-0.3, -0.25) is 0 Å². The molecule has 0 fully saturated rings. The van der Waals surface area contributed by atoms with Gasteiger partial charge in [0.25, 0.3) is 0 Å². The average Bonchev–Trinajstić information content (AvgIpc) is 2.29. The van der Waals surface area contributed by atoms with Crippen LogP contribution >= 0.6 is 0 Å². The highest BCUT2D eigenvalue weighted by Crippen LogP contribution is 2.41. The van der Waals surface area contributed by atoms with Gasteiger partial charge in [-0.1, -0.05) is 69.2 Å². The zero-order valence-electron chi connectivity index (χ0n) is 15.2. The molecule has 0 spiro atoms. The first kappa shape index (κ1) is 19.4. The molecule has 0 amide bonds. The second-order valence-corrected chi connectivity index (χ2v) is 18.7. The molecule has 0 saturated carbocycles. The van der Waals surface area contributed by atoms with Crippen LogP contribution in [0.2, 0.25) is 34.3 Å². The summed E-state index contributed by atoms with van der Waals surface area (Å²) in [5.74, 6) is 0. The number of hydrogen-bond acceptors (Lipinski definition) is 1. The van der Waals surface area contributed by atoms with Crippen molar-refractivity contribution in [1.29, 1.82) is 0 Å². The van der Waals surface area contributed by atoms with Crippen molar-refractivity contribution in [2.45, 2.75) is 103 Å². The molecule has 0 aromatic carbocycles. The Morgan fingerprint density at radius 2 is 0.789 bits per heavy atom. The van der Waals surface area contributed by atoms with E-state index in [0.29, 0.717) is 0 Å². The van der Waals surface area contributed by atoms with Gasteiger partial charge in [-0.05, 0) is 34.3 Å². The van der Waals surface area contributed by atoms with E-state index in [1.165, 1.54) is 12.1 Å². The van der Waals surface area contributed by atoms with E-state index < -0.39 is 16.5 Å². The van der Waals surface area contributed by atoms with Crippen molar-refractivity contribution in [1.82, 2.24) is 4.65 Å². The Morgan fingerprint density at radius 1 is 0.579 bits per heavy atom. The summed E-state index contributed by atoms with van der Waals surface area (Å²) in [6, 6.07) is 2.74. The van der Waals surface area contributed by atoms with Gasteiger partial charge in [-0.15, -0.1) is 0 Å². The lowest BCUT2D eigenvalue weighted by atomic mass is 10.5. The lowest BCUT2D eigenvalue weighted by Gasteiger charge is -2.51. The van der Waals surface area contributed by atoms with E-state index in [0.717, 1.165) is 22.2 Å². The highest BCUT2D eigenvalue weighted by Gasteiger charge is 2.48. The van der Waals surface area contributed by atoms with Crippen LogP contribution in [0.25, 0.3) is 0 Å². The maximum Gasteiger partial charge on any atom is 0.124 e. The minimum absolute atomic E-state index is 0.827. The molecule has 0 atom stereocenters. The van der Waals surface area contributed by atoms with Gasteiger partial charge in [0.15, 0.2) is 0 Å². The third-order valence-electron chi connectivity index (χ3n) is 5.76. The molecule has 0 radical (unpaired) electrons. The second-order valence-electron chi connectivity index (χ2n) is 7.53. The van der Waals surface area contributed by atoms with E-state index in [-0.39, 0.29) is 0 Å². The smallest absolute Gasteiger partial charge is 0.124 e. The maximum absolute atomic E-state index is 4.46. The number of nitrogens with one attached hydrogen (secondary N) is 1. The van der Waals surface area contributed by atoms with Crippen LogP contribution in [0.5, 0.6) is 0 Å². The van der Waals surface area contributed by atoms with E-state index in [2.05, 4.69) is 73.9 Å². The lowest BCUT2D eigenvalue weighted by Crippen LogP contribution is -2.69. The van der Waals surface area contributed by atoms with Crippen molar-refractivity contribution in [3.63, 3.8) is 0 Å². The number of hydrogen-bond donors (Lipinski definition) is 1. The van der Waals surface area contributed by atoms with Crippen molar-refractivity contribution in [3.05, 3.63) is 0 Å². The lowest BCUT2D eigenvalue weighted by molar-refractivity contribution is 0.796. The summed E-state index contributed by atoms with van der Waals surface area (Å²) in [5, 5.41) is 0.